The number of rotatable bonds is 1. The standard InChI is InChI=1S/C11H20N2O2/c1-9-7-12-4-5-13(9)11(14)10-3-2-6-15-8-10/h9-10,12H,2-8H2,1H3/t9-,10?/m1/s1. The average Bonchev–Trinajstić information content (AvgIpc) is 2.30. The smallest absolute Gasteiger partial charge is 0.228 e. The number of piperazine rings is 1. The minimum atomic E-state index is 0.110. The molecule has 4 heteroatoms. The zero-order valence-electron chi connectivity index (χ0n) is 9.37. The van der Waals surface area contributed by atoms with Crippen LogP contribution in [0.1, 0.15) is 19.8 Å². The minimum Gasteiger partial charge on any atom is -0.381 e. The average molecular weight is 212 g/mol. The summed E-state index contributed by atoms with van der Waals surface area (Å²) in [4.78, 5) is 14.2. The Balaban J connectivity index is 1.92. The topological polar surface area (TPSA) is 41.6 Å². The Morgan fingerprint density at radius 3 is 3.07 bits per heavy atom. The van der Waals surface area contributed by atoms with Crippen molar-refractivity contribution in [2.75, 3.05) is 32.8 Å². The van der Waals surface area contributed by atoms with Gasteiger partial charge in [-0.05, 0) is 19.8 Å². The lowest BCUT2D eigenvalue weighted by molar-refractivity contribution is -0.142. The normalized spacial score (nSPS) is 32.7. The molecule has 1 N–H and O–H groups in total. The number of amides is 1. The van der Waals surface area contributed by atoms with Crippen LogP contribution in [0, 0.1) is 5.92 Å². The van der Waals surface area contributed by atoms with E-state index in [4.69, 9.17) is 4.74 Å². The van der Waals surface area contributed by atoms with Gasteiger partial charge in [0.1, 0.15) is 0 Å². The molecule has 2 rings (SSSR count). The molecule has 2 aliphatic heterocycles. The van der Waals surface area contributed by atoms with E-state index in [0.29, 0.717) is 18.6 Å². The molecule has 2 atom stereocenters. The van der Waals surface area contributed by atoms with Gasteiger partial charge in [-0.15, -0.1) is 0 Å². The Bertz CT molecular complexity index is 227. The van der Waals surface area contributed by atoms with Crippen molar-refractivity contribution in [3.8, 4) is 0 Å². The van der Waals surface area contributed by atoms with Gasteiger partial charge in [0.15, 0.2) is 0 Å². The summed E-state index contributed by atoms with van der Waals surface area (Å²) in [7, 11) is 0. The zero-order valence-corrected chi connectivity index (χ0v) is 9.37. The Morgan fingerprint density at radius 2 is 2.40 bits per heavy atom. The highest BCUT2D eigenvalue weighted by molar-refractivity contribution is 5.79. The van der Waals surface area contributed by atoms with Crippen molar-refractivity contribution in [2.45, 2.75) is 25.8 Å². The number of nitrogens with zero attached hydrogens (tertiary/aromatic N) is 1. The third-order valence-electron chi connectivity index (χ3n) is 3.29. The summed E-state index contributed by atoms with van der Waals surface area (Å²) in [6.45, 7) is 6.23. The lowest BCUT2D eigenvalue weighted by atomic mass is 9.99. The van der Waals surface area contributed by atoms with Gasteiger partial charge < -0.3 is 15.0 Å². The molecule has 4 nitrogen and oxygen atoms in total. The lowest BCUT2D eigenvalue weighted by Crippen LogP contribution is -2.54. The van der Waals surface area contributed by atoms with Gasteiger partial charge in [0.05, 0.1) is 12.5 Å². The maximum absolute atomic E-state index is 12.2. The summed E-state index contributed by atoms with van der Waals surface area (Å²) in [6, 6.07) is 0.327. The van der Waals surface area contributed by atoms with E-state index in [9.17, 15) is 4.79 Å². The molecule has 86 valence electrons. The number of carbonyl (C=O) groups is 1. The van der Waals surface area contributed by atoms with E-state index in [2.05, 4.69) is 12.2 Å². The molecule has 0 aromatic carbocycles. The van der Waals surface area contributed by atoms with Crippen LogP contribution in [0.2, 0.25) is 0 Å². The molecule has 0 saturated carbocycles. The van der Waals surface area contributed by atoms with E-state index in [0.717, 1.165) is 39.1 Å². The number of carbonyl (C=O) groups excluding carboxylic acids is 1. The van der Waals surface area contributed by atoms with Gasteiger partial charge in [0, 0.05) is 32.3 Å². The molecule has 2 fully saturated rings. The van der Waals surface area contributed by atoms with E-state index in [1.54, 1.807) is 0 Å². The Kier molecular flexibility index (Phi) is 3.59. The fourth-order valence-electron chi connectivity index (χ4n) is 2.34. The molecule has 1 amide bonds. The molecule has 0 aromatic rings. The predicted molar refractivity (Wildman–Crippen MR) is 57.6 cm³/mol. The van der Waals surface area contributed by atoms with E-state index in [-0.39, 0.29) is 5.92 Å². The van der Waals surface area contributed by atoms with Crippen molar-refractivity contribution < 1.29 is 9.53 Å². The van der Waals surface area contributed by atoms with Crippen molar-refractivity contribution >= 4 is 5.91 Å². The van der Waals surface area contributed by atoms with Crippen LogP contribution in [0.4, 0.5) is 0 Å². The molecule has 1 unspecified atom stereocenters. The first-order chi connectivity index (χ1) is 7.29. The summed E-state index contributed by atoms with van der Waals surface area (Å²) in [5, 5.41) is 3.30. The molecule has 0 radical (unpaired) electrons. The molecule has 15 heavy (non-hydrogen) atoms. The predicted octanol–water partition coefficient (Wildman–Crippen LogP) is 0.233. The maximum Gasteiger partial charge on any atom is 0.228 e. The van der Waals surface area contributed by atoms with Crippen molar-refractivity contribution in [3.63, 3.8) is 0 Å². The fraction of sp³-hybridized carbons (Fsp3) is 0.909. The molecule has 2 aliphatic rings. The SMILES string of the molecule is C[C@@H]1CNCCN1C(=O)C1CCCOC1. The van der Waals surface area contributed by atoms with E-state index < -0.39 is 0 Å². The highest BCUT2D eigenvalue weighted by Gasteiger charge is 2.30. The maximum atomic E-state index is 12.2. The highest BCUT2D eigenvalue weighted by Crippen LogP contribution is 2.18. The van der Waals surface area contributed by atoms with Crippen LogP contribution < -0.4 is 5.32 Å². The molecule has 2 saturated heterocycles. The first-order valence-electron chi connectivity index (χ1n) is 5.88. The Hall–Kier alpha value is -0.610. The molecule has 0 spiro atoms. The second kappa shape index (κ2) is 4.94. The van der Waals surface area contributed by atoms with Gasteiger partial charge in [-0.25, -0.2) is 0 Å². The van der Waals surface area contributed by atoms with Gasteiger partial charge in [-0.1, -0.05) is 0 Å². The van der Waals surface area contributed by atoms with Gasteiger partial charge in [-0.2, -0.15) is 0 Å². The molecule has 2 heterocycles. The van der Waals surface area contributed by atoms with Crippen molar-refractivity contribution in [1.82, 2.24) is 10.2 Å². The van der Waals surface area contributed by atoms with Crippen LogP contribution in [0.5, 0.6) is 0 Å². The molecule has 0 bridgehead atoms. The minimum absolute atomic E-state index is 0.110. The molecule has 0 aromatic heterocycles. The third-order valence-corrected chi connectivity index (χ3v) is 3.29. The summed E-state index contributed by atoms with van der Waals surface area (Å²) >= 11 is 0. The van der Waals surface area contributed by atoms with E-state index in [1.807, 2.05) is 4.90 Å². The fourth-order valence-corrected chi connectivity index (χ4v) is 2.34. The number of hydrogen-bond acceptors (Lipinski definition) is 3. The van der Waals surface area contributed by atoms with Crippen LogP contribution >= 0.6 is 0 Å². The molecule has 0 aliphatic carbocycles. The van der Waals surface area contributed by atoms with Crippen LogP contribution in [0.25, 0.3) is 0 Å². The van der Waals surface area contributed by atoms with Crippen LogP contribution in [0.15, 0.2) is 0 Å². The Morgan fingerprint density at radius 1 is 1.53 bits per heavy atom. The van der Waals surface area contributed by atoms with Gasteiger partial charge >= 0.3 is 0 Å². The van der Waals surface area contributed by atoms with Gasteiger partial charge in [-0.3, -0.25) is 4.79 Å². The number of ether oxygens (including phenoxy) is 1. The summed E-state index contributed by atoms with van der Waals surface area (Å²) in [5.74, 6) is 0.406. The number of nitrogens with one attached hydrogen (secondary N) is 1. The summed E-state index contributed by atoms with van der Waals surface area (Å²) < 4.78 is 5.37. The largest absolute Gasteiger partial charge is 0.381 e. The van der Waals surface area contributed by atoms with Crippen LogP contribution in [0.3, 0.4) is 0 Å². The van der Waals surface area contributed by atoms with Gasteiger partial charge in [0.2, 0.25) is 5.91 Å². The molecular weight excluding hydrogens is 192 g/mol. The van der Waals surface area contributed by atoms with Crippen LogP contribution in [-0.4, -0.2) is 49.7 Å². The Labute approximate surface area is 91.0 Å². The van der Waals surface area contributed by atoms with E-state index >= 15 is 0 Å². The highest BCUT2D eigenvalue weighted by atomic mass is 16.5. The second-order valence-corrected chi connectivity index (χ2v) is 4.50. The van der Waals surface area contributed by atoms with Gasteiger partial charge in [0.25, 0.3) is 0 Å². The summed E-state index contributed by atoms with van der Waals surface area (Å²) in [5.41, 5.74) is 0. The summed E-state index contributed by atoms with van der Waals surface area (Å²) in [6.07, 6.45) is 2.02. The molecular formula is C11H20N2O2. The van der Waals surface area contributed by atoms with Crippen LogP contribution in [-0.2, 0) is 9.53 Å². The monoisotopic (exact) mass is 212 g/mol. The van der Waals surface area contributed by atoms with Crippen molar-refractivity contribution in [1.29, 1.82) is 0 Å². The lowest BCUT2D eigenvalue weighted by Gasteiger charge is -2.37. The quantitative estimate of drug-likeness (QED) is 0.676. The zero-order chi connectivity index (χ0) is 10.7. The first kappa shape index (κ1) is 10.9. The first-order valence-corrected chi connectivity index (χ1v) is 5.88. The van der Waals surface area contributed by atoms with Crippen molar-refractivity contribution in [2.24, 2.45) is 5.92 Å². The second-order valence-electron chi connectivity index (χ2n) is 4.50. The third kappa shape index (κ3) is 2.49. The number of hydrogen-bond donors (Lipinski definition) is 1. The van der Waals surface area contributed by atoms with E-state index in [1.165, 1.54) is 0 Å². The van der Waals surface area contributed by atoms with Crippen molar-refractivity contribution in [3.05, 3.63) is 0 Å².